The van der Waals surface area contributed by atoms with E-state index >= 15 is 0 Å². The first-order valence-electron chi connectivity index (χ1n) is 7.50. The smallest absolute Gasteiger partial charge is 0.316 e. The van der Waals surface area contributed by atoms with E-state index in [2.05, 4.69) is 9.72 Å². The van der Waals surface area contributed by atoms with Gasteiger partial charge in [0.1, 0.15) is 5.75 Å². The van der Waals surface area contributed by atoms with Gasteiger partial charge in [-0.05, 0) is 36.4 Å². The Morgan fingerprint density at radius 2 is 1.84 bits per heavy atom. The summed E-state index contributed by atoms with van der Waals surface area (Å²) >= 11 is 1.16. The Labute approximate surface area is 148 Å². The Morgan fingerprint density at radius 1 is 1.12 bits per heavy atom. The van der Waals surface area contributed by atoms with Gasteiger partial charge in [0.2, 0.25) is 0 Å². The van der Waals surface area contributed by atoms with Crippen LogP contribution in [0.25, 0.3) is 16.6 Å². The van der Waals surface area contributed by atoms with E-state index in [9.17, 15) is 9.59 Å². The molecule has 7 heteroatoms. The number of aromatic nitrogens is 2. The lowest BCUT2D eigenvalue weighted by molar-refractivity contribution is -0.137. The molecule has 2 aromatic carbocycles. The van der Waals surface area contributed by atoms with Crippen molar-refractivity contribution < 1.29 is 14.3 Å². The lowest BCUT2D eigenvalue weighted by atomic mass is 10.2. The summed E-state index contributed by atoms with van der Waals surface area (Å²) in [5.74, 6) is 0.375. The number of carbonyl (C=O) groups excluding carboxylic acids is 1. The van der Waals surface area contributed by atoms with Crippen LogP contribution in [0.3, 0.4) is 0 Å². The van der Waals surface area contributed by atoms with Gasteiger partial charge >= 0.3 is 5.97 Å². The number of para-hydroxylation sites is 1. The molecule has 3 rings (SSSR count). The molecule has 0 atom stereocenters. The predicted octanol–water partition coefficient (Wildman–Crippen LogP) is 2.66. The zero-order valence-electron chi connectivity index (χ0n) is 13.8. The summed E-state index contributed by atoms with van der Waals surface area (Å²) in [6, 6.07) is 14.2. The summed E-state index contributed by atoms with van der Waals surface area (Å²) in [7, 11) is 2.91. The summed E-state index contributed by atoms with van der Waals surface area (Å²) in [4.78, 5) is 29.0. The third-order valence-corrected chi connectivity index (χ3v) is 4.53. The van der Waals surface area contributed by atoms with Crippen LogP contribution in [0.15, 0.2) is 58.5 Å². The Morgan fingerprint density at radius 3 is 2.52 bits per heavy atom. The minimum absolute atomic E-state index is 0.0669. The number of carbonyl (C=O) groups is 1. The Balaban J connectivity index is 2.16. The lowest BCUT2D eigenvalue weighted by Crippen LogP contribution is -2.22. The van der Waals surface area contributed by atoms with Gasteiger partial charge in [0.05, 0.1) is 36.6 Å². The van der Waals surface area contributed by atoms with E-state index in [1.165, 1.54) is 11.7 Å². The highest BCUT2D eigenvalue weighted by Gasteiger charge is 2.15. The Hall–Kier alpha value is -2.80. The van der Waals surface area contributed by atoms with Crippen molar-refractivity contribution in [2.24, 2.45) is 0 Å². The van der Waals surface area contributed by atoms with Gasteiger partial charge in [0.25, 0.3) is 5.56 Å². The number of esters is 1. The maximum atomic E-state index is 13.0. The van der Waals surface area contributed by atoms with Crippen LogP contribution in [-0.2, 0) is 9.53 Å². The second-order valence-corrected chi connectivity index (χ2v) is 6.06. The van der Waals surface area contributed by atoms with Gasteiger partial charge < -0.3 is 9.47 Å². The standard InChI is InChI=1S/C18H16N2O4S/c1-23-13-9-7-12(8-10-13)20-17(22)14-5-3-4-6-15(14)19-18(20)25-11-16(21)24-2/h3-10H,11H2,1-2H3. The lowest BCUT2D eigenvalue weighted by Gasteiger charge is -2.13. The van der Waals surface area contributed by atoms with Crippen molar-refractivity contribution in [1.29, 1.82) is 0 Å². The summed E-state index contributed by atoms with van der Waals surface area (Å²) < 4.78 is 11.3. The molecule has 0 saturated heterocycles. The molecule has 0 amide bonds. The molecule has 0 unspecified atom stereocenters. The number of benzene rings is 2. The molecule has 25 heavy (non-hydrogen) atoms. The maximum absolute atomic E-state index is 13.0. The molecule has 1 aromatic heterocycles. The molecule has 0 spiro atoms. The van der Waals surface area contributed by atoms with Crippen molar-refractivity contribution in [3.63, 3.8) is 0 Å². The van der Waals surface area contributed by atoms with Crippen molar-refractivity contribution >= 4 is 28.6 Å². The largest absolute Gasteiger partial charge is 0.497 e. The molecule has 0 saturated carbocycles. The molecule has 3 aromatic rings. The molecule has 0 N–H and O–H groups in total. The number of thioether (sulfide) groups is 1. The van der Waals surface area contributed by atoms with E-state index in [1.807, 2.05) is 6.07 Å². The van der Waals surface area contributed by atoms with Crippen molar-refractivity contribution in [2.75, 3.05) is 20.0 Å². The van der Waals surface area contributed by atoms with E-state index < -0.39 is 0 Å². The van der Waals surface area contributed by atoms with Gasteiger partial charge in [-0.2, -0.15) is 0 Å². The van der Waals surface area contributed by atoms with Crippen LogP contribution in [-0.4, -0.2) is 35.5 Å². The topological polar surface area (TPSA) is 70.4 Å². The average molecular weight is 356 g/mol. The molecule has 0 fully saturated rings. The molecule has 1 heterocycles. The third-order valence-electron chi connectivity index (χ3n) is 3.62. The highest BCUT2D eigenvalue weighted by molar-refractivity contribution is 7.99. The fourth-order valence-electron chi connectivity index (χ4n) is 2.35. The predicted molar refractivity (Wildman–Crippen MR) is 96.6 cm³/mol. The molecule has 0 bridgehead atoms. The normalized spacial score (nSPS) is 10.6. The van der Waals surface area contributed by atoms with Crippen molar-refractivity contribution in [3.05, 3.63) is 58.9 Å². The van der Waals surface area contributed by atoms with Gasteiger partial charge in [0, 0.05) is 0 Å². The first-order valence-corrected chi connectivity index (χ1v) is 8.48. The van der Waals surface area contributed by atoms with Gasteiger partial charge in [-0.25, -0.2) is 4.98 Å². The van der Waals surface area contributed by atoms with Crippen LogP contribution in [0.2, 0.25) is 0 Å². The second kappa shape index (κ2) is 7.40. The summed E-state index contributed by atoms with van der Waals surface area (Å²) in [6.45, 7) is 0. The van der Waals surface area contributed by atoms with Crippen molar-refractivity contribution in [2.45, 2.75) is 5.16 Å². The molecular weight excluding hydrogens is 340 g/mol. The molecule has 0 aliphatic heterocycles. The summed E-state index contributed by atoms with van der Waals surface area (Å²) in [6.07, 6.45) is 0. The quantitative estimate of drug-likeness (QED) is 0.398. The van der Waals surface area contributed by atoms with E-state index in [0.717, 1.165) is 11.8 Å². The van der Waals surface area contributed by atoms with Crippen LogP contribution >= 0.6 is 11.8 Å². The SMILES string of the molecule is COC(=O)CSc1nc2ccccc2c(=O)n1-c1ccc(OC)cc1. The van der Waals surface area contributed by atoms with Gasteiger partial charge in [-0.1, -0.05) is 23.9 Å². The van der Waals surface area contributed by atoms with Gasteiger partial charge in [-0.3, -0.25) is 14.2 Å². The molecule has 0 radical (unpaired) electrons. The summed E-state index contributed by atoms with van der Waals surface area (Å²) in [5.41, 5.74) is 1.05. The fraction of sp³-hybridized carbons (Fsp3) is 0.167. The summed E-state index contributed by atoms with van der Waals surface area (Å²) in [5, 5.41) is 0.944. The maximum Gasteiger partial charge on any atom is 0.316 e. The van der Waals surface area contributed by atoms with Gasteiger partial charge in [-0.15, -0.1) is 0 Å². The molecule has 6 nitrogen and oxygen atoms in total. The number of fused-ring (bicyclic) bond motifs is 1. The minimum Gasteiger partial charge on any atom is -0.497 e. The number of nitrogens with zero attached hydrogens (tertiary/aromatic N) is 2. The Bertz CT molecular complexity index is 967. The molecular formula is C18H16N2O4S. The average Bonchev–Trinajstić information content (AvgIpc) is 2.66. The Kier molecular flexibility index (Phi) is 5.04. The van der Waals surface area contributed by atoms with Gasteiger partial charge in [0.15, 0.2) is 5.16 Å². The zero-order chi connectivity index (χ0) is 17.8. The van der Waals surface area contributed by atoms with Crippen molar-refractivity contribution in [1.82, 2.24) is 9.55 Å². The number of hydrogen-bond donors (Lipinski definition) is 0. The number of methoxy groups -OCH3 is 2. The van der Waals surface area contributed by atoms with Crippen LogP contribution in [0, 0.1) is 0 Å². The van der Waals surface area contributed by atoms with Crippen LogP contribution in [0.5, 0.6) is 5.75 Å². The molecule has 128 valence electrons. The second-order valence-electron chi connectivity index (χ2n) is 5.11. The molecule has 0 aliphatic carbocycles. The molecule has 0 aliphatic rings. The third kappa shape index (κ3) is 3.51. The monoisotopic (exact) mass is 356 g/mol. The van der Waals surface area contributed by atoms with E-state index in [4.69, 9.17) is 4.74 Å². The van der Waals surface area contributed by atoms with E-state index in [1.54, 1.807) is 49.6 Å². The van der Waals surface area contributed by atoms with Crippen molar-refractivity contribution in [3.8, 4) is 11.4 Å². The highest BCUT2D eigenvalue weighted by Crippen LogP contribution is 2.22. The van der Waals surface area contributed by atoms with E-state index in [0.29, 0.717) is 27.5 Å². The number of rotatable bonds is 5. The zero-order valence-corrected chi connectivity index (χ0v) is 14.6. The number of hydrogen-bond acceptors (Lipinski definition) is 6. The minimum atomic E-state index is -0.381. The first-order chi connectivity index (χ1) is 12.1. The van der Waals surface area contributed by atoms with Crippen LogP contribution in [0.4, 0.5) is 0 Å². The highest BCUT2D eigenvalue weighted by atomic mass is 32.2. The van der Waals surface area contributed by atoms with Crippen LogP contribution < -0.4 is 10.3 Å². The fourth-order valence-corrected chi connectivity index (χ4v) is 3.20. The van der Waals surface area contributed by atoms with E-state index in [-0.39, 0.29) is 17.3 Å². The van der Waals surface area contributed by atoms with Crippen LogP contribution in [0.1, 0.15) is 0 Å². The number of ether oxygens (including phenoxy) is 2. The first kappa shape index (κ1) is 17.0.